The third-order valence-corrected chi connectivity index (χ3v) is 10.3. The lowest BCUT2D eigenvalue weighted by Crippen LogP contribution is -2.22. The second-order valence-electron chi connectivity index (χ2n) is 5.52. The summed E-state index contributed by atoms with van der Waals surface area (Å²) in [5, 5.41) is 2.85. The molecule has 0 aliphatic carbocycles. The van der Waals surface area contributed by atoms with E-state index in [2.05, 4.69) is 24.3 Å². The number of rotatable bonds is 4. The highest BCUT2D eigenvalue weighted by atomic mass is 35.5. The van der Waals surface area contributed by atoms with Crippen LogP contribution in [0.5, 0.6) is 0 Å². The van der Waals surface area contributed by atoms with Crippen LogP contribution in [0.15, 0.2) is 78.9 Å². The summed E-state index contributed by atoms with van der Waals surface area (Å²) in [7, 11) is 0. The molecule has 0 heterocycles. The van der Waals surface area contributed by atoms with Gasteiger partial charge in [0.15, 0.2) is 0 Å². The first-order valence-electron chi connectivity index (χ1n) is 7.56. The van der Waals surface area contributed by atoms with Crippen molar-refractivity contribution in [3.8, 4) is 0 Å². The van der Waals surface area contributed by atoms with Crippen molar-refractivity contribution in [2.75, 3.05) is 0 Å². The van der Waals surface area contributed by atoms with Crippen LogP contribution < -0.4 is 10.6 Å². The lowest BCUT2D eigenvalue weighted by atomic mass is 10.1. The summed E-state index contributed by atoms with van der Waals surface area (Å²) in [6, 6.07) is 23.9. The number of aryl methyl sites for hydroxylation is 1. The molecule has 0 aliphatic heterocycles. The first kappa shape index (κ1) is 17.5. The molecule has 0 spiro atoms. The molecule has 0 fully saturated rings. The Hall–Kier alpha value is -1.31. The largest absolute Gasteiger partial charge is 0.0836 e. The molecule has 0 radical (unpaired) electrons. The quantitative estimate of drug-likeness (QED) is 0.431. The van der Waals surface area contributed by atoms with E-state index in [1.54, 1.807) is 0 Å². The fraction of sp³-hybridized carbons (Fsp3) is 0.0500. The Morgan fingerprint density at radius 2 is 1.29 bits per heavy atom. The van der Waals surface area contributed by atoms with Crippen LogP contribution in [-0.2, 0) is 11.8 Å². The highest BCUT2D eigenvalue weighted by molar-refractivity contribution is 8.34. The summed E-state index contributed by atoms with van der Waals surface area (Å²) in [5.41, 5.74) is 1.97. The van der Waals surface area contributed by atoms with Crippen molar-refractivity contribution in [1.82, 2.24) is 0 Å². The predicted molar refractivity (Wildman–Crippen MR) is 114 cm³/mol. The van der Waals surface area contributed by atoms with Crippen molar-refractivity contribution in [3.05, 3.63) is 95.0 Å². The molecule has 0 saturated carbocycles. The maximum absolute atomic E-state index is 6.49. The van der Waals surface area contributed by atoms with Crippen LogP contribution in [-0.4, -0.2) is 4.61 Å². The standard InChI is InChI=1S/C20H16ClPS2/c1-15-9-8-14-18(21)19(15)20(23)22(24,16-10-4-2-5-11-16)17-12-6-3-7-13-17/h2-14H,1H3. The zero-order valence-electron chi connectivity index (χ0n) is 13.1. The molecule has 0 N–H and O–H groups in total. The van der Waals surface area contributed by atoms with E-state index in [9.17, 15) is 0 Å². The van der Waals surface area contributed by atoms with E-state index >= 15 is 0 Å². The Bertz CT molecular complexity index is 857. The molecule has 24 heavy (non-hydrogen) atoms. The van der Waals surface area contributed by atoms with Crippen LogP contribution in [0.3, 0.4) is 0 Å². The van der Waals surface area contributed by atoms with Gasteiger partial charge in [-0.1, -0.05) is 108 Å². The van der Waals surface area contributed by atoms with Crippen LogP contribution in [0, 0.1) is 6.92 Å². The first-order valence-corrected chi connectivity index (χ1v) is 11.2. The van der Waals surface area contributed by atoms with Gasteiger partial charge in [0.1, 0.15) is 0 Å². The molecule has 0 bridgehead atoms. The summed E-state index contributed by atoms with van der Waals surface area (Å²) in [5.74, 6) is 0. The number of thiocarbonyl (C=S) groups is 1. The Labute approximate surface area is 158 Å². The molecule has 3 aromatic rings. The highest BCUT2D eigenvalue weighted by Gasteiger charge is 2.30. The minimum atomic E-state index is -2.31. The van der Waals surface area contributed by atoms with Gasteiger partial charge in [0.2, 0.25) is 0 Å². The van der Waals surface area contributed by atoms with Gasteiger partial charge in [-0.3, -0.25) is 0 Å². The van der Waals surface area contributed by atoms with Crippen molar-refractivity contribution in [2.45, 2.75) is 6.92 Å². The van der Waals surface area contributed by atoms with Crippen molar-refractivity contribution in [1.29, 1.82) is 0 Å². The molecular weight excluding hydrogens is 371 g/mol. The number of hydrogen-bond donors (Lipinski definition) is 0. The smallest absolute Gasteiger partial charge is 0.0658 e. The van der Waals surface area contributed by atoms with E-state index in [-0.39, 0.29) is 0 Å². The monoisotopic (exact) mass is 386 g/mol. The molecule has 0 nitrogen and oxygen atoms in total. The SMILES string of the molecule is Cc1cccc(Cl)c1C(=S)P(=S)(c1ccccc1)c1ccccc1. The maximum atomic E-state index is 6.49. The van der Waals surface area contributed by atoms with E-state index in [1.807, 2.05) is 61.5 Å². The van der Waals surface area contributed by atoms with Crippen molar-refractivity contribution in [3.63, 3.8) is 0 Å². The maximum Gasteiger partial charge on any atom is 0.0658 e. The van der Waals surface area contributed by atoms with Gasteiger partial charge < -0.3 is 0 Å². The van der Waals surface area contributed by atoms with E-state index in [4.69, 9.17) is 35.6 Å². The van der Waals surface area contributed by atoms with E-state index in [0.29, 0.717) is 5.02 Å². The van der Waals surface area contributed by atoms with Crippen LogP contribution in [0.25, 0.3) is 0 Å². The van der Waals surface area contributed by atoms with Gasteiger partial charge in [0.05, 0.1) is 4.61 Å². The minimum absolute atomic E-state index is 0.668. The van der Waals surface area contributed by atoms with Crippen LogP contribution in [0.2, 0.25) is 5.02 Å². The second-order valence-corrected chi connectivity index (χ2v) is 11.0. The lowest BCUT2D eigenvalue weighted by molar-refractivity contribution is 1.46. The Morgan fingerprint density at radius 1 is 0.792 bits per heavy atom. The van der Waals surface area contributed by atoms with Crippen molar-refractivity contribution in [2.24, 2.45) is 0 Å². The number of hydrogen-bond acceptors (Lipinski definition) is 2. The van der Waals surface area contributed by atoms with Crippen molar-refractivity contribution < 1.29 is 0 Å². The lowest BCUT2D eigenvalue weighted by Gasteiger charge is -2.26. The van der Waals surface area contributed by atoms with Crippen LogP contribution in [0.1, 0.15) is 11.1 Å². The molecule has 120 valence electrons. The Morgan fingerprint density at radius 3 is 1.75 bits per heavy atom. The minimum Gasteiger partial charge on any atom is -0.0836 e. The molecule has 0 saturated heterocycles. The van der Waals surface area contributed by atoms with E-state index in [1.165, 1.54) is 0 Å². The molecule has 0 unspecified atom stereocenters. The average Bonchev–Trinajstić information content (AvgIpc) is 2.62. The zero-order chi connectivity index (χ0) is 17.2. The predicted octanol–water partition coefficient (Wildman–Crippen LogP) is 5.45. The van der Waals surface area contributed by atoms with Gasteiger partial charge in [-0.15, -0.1) is 0 Å². The summed E-state index contributed by atoms with van der Waals surface area (Å²) in [6.45, 7) is 2.03. The number of halogens is 1. The molecule has 3 rings (SSSR count). The molecule has 0 atom stereocenters. The van der Waals surface area contributed by atoms with Crippen LogP contribution >= 0.6 is 29.9 Å². The molecule has 0 aromatic heterocycles. The highest BCUT2D eigenvalue weighted by Crippen LogP contribution is 2.49. The van der Waals surface area contributed by atoms with Crippen LogP contribution in [0.4, 0.5) is 0 Å². The summed E-state index contributed by atoms with van der Waals surface area (Å²) < 4.78 is 0.776. The Balaban J connectivity index is 2.28. The zero-order valence-corrected chi connectivity index (χ0v) is 16.4. The van der Waals surface area contributed by atoms with Gasteiger partial charge in [0, 0.05) is 16.6 Å². The third-order valence-electron chi connectivity index (χ3n) is 3.96. The van der Waals surface area contributed by atoms with E-state index in [0.717, 1.165) is 26.3 Å². The molecule has 3 aromatic carbocycles. The first-order chi connectivity index (χ1) is 11.5. The van der Waals surface area contributed by atoms with E-state index < -0.39 is 6.04 Å². The summed E-state index contributed by atoms with van der Waals surface area (Å²) >= 11 is 18.7. The summed E-state index contributed by atoms with van der Waals surface area (Å²) in [4.78, 5) is 0. The summed E-state index contributed by atoms with van der Waals surface area (Å²) in [6.07, 6.45) is 0. The topological polar surface area (TPSA) is 0 Å². The molecule has 0 aliphatic rings. The molecule has 0 amide bonds. The second kappa shape index (κ2) is 7.29. The van der Waals surface area contributed by atoms with Gasteiger partial charge in [-0.25, -0.2) is 0 Å². The van der Waals surface area contributed by atoms with Gasteiger partial charge >= 0.3 is 0 Å². The molecule has 4 heteroatoms. The van der Waals surface area contributed by atoms with Gasteiger partial charge in [-0.05, 0) is 29.2 Å². The average molecular weight is 387 g/mol. The molecular formula is C20H16ClPS2. The third kappa shape index (κ3) is 3.12. The normalized spacial score (nSPS) is 11.2. The fourth-order valence-electron chi connectivity index (χ4n) is 2.72. The van der Waals surface area contributed by atoms with Gasteiger partial charge in [0.25, 0.3) is 0 Å². The fourth-order valence-corrected chi connectivity index (χ4v) is 7.63. The van der Waals surface area contributed by atoms with Gasteiger partial charge in [-0.2, -0.15) is 0 Å². The van der Waals surface area contributed by atoms with Crippen molar-refractivity contribution >= 4 is 56.9 Å². The Kier molecular flexibility index (Phi) is 5.32. The number of benzene rings is 3.